The Kier molecular flexibility index (Phi) is 8.66. The molecule has 8 heteroatoms. The fourth-order valence-corrected chi connectivity index (χ4v) is 5.22. The standard InChI is InChI=1S/C32H29FNO5P/c1-5-32(21(4)35,40(37)38)31(36)39-30-27(23-16-18-25(33)19-17-23)26(22-12-8-6-9-13-22)29(34-28(30)20(2)3)24-14-10-7-11-15-24/h1,6-21,35,40H,2-4H3,(H,37,38). The van der Waals surface area contributed by atoms with Crippen LogP contribution in [0.4, 0.5) is 4.39 Å². The van der Waals surface area contributed by atoms with Crippen LogP contribution < -0.4 is 4.74 Å². The molecule has 204 valence electrons. The summed E-state index contributed by atoms with van der Waals surface area (Å²) >= 11 is 0. The molecule has 0 aliphatic rings. The van der Waals surface area contributed by atoms with Gasteiger partial charge in [-0.2, -0.15) is 0 Å². The second-order valence-electron chi connectivity index (χ2n) is 9.64. The third-order valence-electron chi connectivity index (χ3n) is 6.68. The summed E-state index contributed by atoms with van der Waals surface area (Å²) in [5.74, 6) is 0.0356. The van der Waals surface area contributed by atoms with Crippen molar-refractivity contribution in [3.63, 3.8) is 0 Å². The summed E-state index contributed by atoms with van der Waals surface area (Å²) in [4.78, 5) is 28.7. The molecule has 0 aliphatic heterocycles. The van der Waals surface area contributed by atoms with Gasteiger partial charge >= 0.3 is 5.97 Å². The van der Waals surface area contributed by atoms with E-state index in [4.69, 9.17) is 16.1 Å². The Balaban J connectivity index is 2.16. The molecule has 0 spiro atoms. The van der Waals surface area contributed by atoms with Crippen molar-refractivity contribution in [2.24, 2.45) is 0 Å². The Morgan fingerprint density at radius 3 is 1.93 bits per heavy atom. The molecule has 4 rings (SSSR count). The highest BCUT2D eigenvalue weighted by Crippen LogP contribution is 2.48. The Morgan fingerprint density at radius 2 is 1.45 bits per heavy atom. The molecule has 0 amide bonds. The molecule has 1 heterocycles. The number of halogens is 1. The van der Waals surface area contributed by atoms with Crippen LogP contribution in [-0.2, 0) is 9.36 Å². The summed E-state index contributed by atoms with van der Waals surface area (Å²) in [6, 6.07) is 24.5. The van der Waals surface area contributed by atoms with Crippen molar-refractivity contribution in [3.05, 3.63) is 96.4 Å². The van der Waals surface area contributed by atoms with Gasteiger partial charge in [0.15, 0.2) is 5.75 Å². The topological polar surface area (TPSA) is 96.7 Å². The monoisotopic (exact) mass is 557 g/mol. The molecule has 0 radical (unpaired) electrons. The average Bonchev–Trinajstić information content (AvgIpc) is 2.94. The van der Waals surface area contributed by atoms with Gasteiger partial charge in [-0.25, -0.2) is 14.2 Å². The maximum Gasteiger partial charge on any atom is 0.342 e. The number of carbonyl (C=O) groups excluding carboxylic acids is 1. The lowest BCUT2D eigenvalue weighted by molar-refractivity contribution is -0.138. The van der Waals surface area contributed by atoms with E-state index in [1.54, 1.807) is 12.1 Å². The zero-order valence-electron chi connectivity index (χ0n) is 22.3. The quantitative estimate of drug-likeness (QED) is 0.146. The van der Waals surface area contributed by atoms with Gasteiger partial charge in [0, 0.05) is 16.7 Å². The van der Waals surface area contributed by atoms with E-state index in [1.807, 2.05) is 80.4 Å². The lowest BCUT2D eigenvalue weighted by atomic mass is 9.88. The average molecular weight is 558 g/mol. The number of aromatic nitrogens is 1. The van der Waals surface area contributed by atoms with Crippen molar-refractivity contribution in [2.45, 2.75) is 37.9 Å². The van der Waals surface area contributed by atoms with E-state index in [0.29, 0.717) is 28.1 Å². The van der Waals surface area contributed by atoms with Gasteiger partial charge in [-0.1, -0.05) is 92.6 Å². The van der Waals surface area contributed by atoms with E-state index < -0.39 is 31.1 Å². The third kappa shape index (κ3) is 5.35. The first-order chi connectivity index (χ1) is 19.1. The van der Waals surface area contributed by atoms with Crippen LogP contribution in [0.1, 0.15) is 32.4 Å². The number of hydrogen-bond acceptors (Lipinski definition) is 5. The van der Waals surface area contributed by atoms with Gasteiger partial charge in [-0.15, -0.1) is 6.42 Å². The van der Waals surface area contributed by atoms with Crippen LogP contribution in [0.5, 0.6) is 5.75 Å². The molecule has 40 heavy (non-hydrogen) atoms. The number of nitrogens with zero attached hydrogens (tertiary/aromatic N) is 1. The number of esters is 1. The van der Waals surface area contributed by atoms with Gasteiger partial charge in [0.2, 0.25) is 13.2 Å². The highest BCUT2D eigenvalue weighted by molar-refractivity contribution is 7.42. The first-order valence-electron chi connectivity index (χ1n) is 12.7. The van der Waals surface area contributed by atoms with Gasteiger partial charge in [0.1, 0.15) is 5.82 Å². The minimum absolute atomic E-state index is 0.00803. The van der Waals surface area contributed by atoms with Gasteiger partial charge in [0.05, 0.1) is 17.5 Å². The maximum absolute atomic E-state index is 14.1. The summed E-state index contributed by atoms with van der Waals surface area (Å²) in [6.07, 6.45) is 3.87. The Morgan fingerprint density at radius 1 is 0.925 bits per heavy atom. The van der Waals surface area contributed by atoms with E-state index >= 15 is 0 Å². The van der Waals surface area contributed by atoms with Crippen LogP contribution in [0.3, 0.4) is 0 Å². The molecule has 2 N–H and O–H groups in total. The van der Waals surface area contributed by atoms with Crippen LogP contribution >= 0.6 is 8.03 Å². The lowest BCUT2D eigenvalue weighted by Crippen LogP contribution is -2.46. The van der Waals surface area contributed by atoms with Crippen molar-refractivity contribution in [1.82, 2.24) is 4.98 Å². The maximum atomic E-state index is 14.1. The molecule has 0 bridgehead atoms. The van der Waals surface area contributed by atoms with Gasteiger partial charge in [-0.05, 0) is 36.1 Å². The summed E-state index contributed by atoms with van der Waals surface area (Å²) in [7, 11) is -3.81. The van der Waals surface area contributed by atoms with Crippen LogP contribution in [-0.4, -0.2) is 32.2 Å². The second kappa shape index (κ2) is 12.0. The first kappa shape index (κ1) is 28.9. The van der Waals surface area contributed by atoms with E-state index in [0.717, 1.165) is 18.1 Å². The number of rotatable bonds is 8. The second-order valence-corrected chi connectivity index (χ2v) is 11.0. The molecular weight excluding hydrogens is 528 g/mol. The normalized spacial score (nSPS) is 14.2. The van der Waals surface area contributed by atoms with Crippen molar-refractivity contribution in [1.29, 1.82) is 0 Å². The predicted molar refractivity (Wildman–Crippen MR) is 155 cm³/mol. The molecule has 3 atom stereocenters. The van der Waals surface area contributed by atoms with Crippen molar-refractivity contribution >= 4 is 14.0 Å². The van der Waals surface area contributed by atoms with E-state index in [-0.39, 0.29) is 11.7 Å². The van der Waals surface area contributed by atoms with Gasteiger partial charge in [0.25, 0.3) is 0 Å². The van der Waals surface area contributed by atoms with Crippen molar-refractivity contribution < 1.29 is 28.5 Å². The fraction of sp³-hybridized carbons (Fsp3) is 0.188. The third-order valence-corrected chi connectivity index (χ3v) is 8.12. The fourth-order valence-electron chi connectivity index (χ4n) is 4.52. The Hall–Kier alpha value is -4.08. The van der Waals surface area contributed by atoms with Gasteiger partial charge < -0.3 is 14.7 Å². The highest BCUT2D eigenvalue weighted by atomic mass is 31.1. The molecule has 3 aromatic carbocycles. The number of carbonyl (C=O) groups is 1. The summed E-state index contributed by atoms with van der Waals surface area (Å²) in [6.45, 7) is 4.89. The largest absolute Gasteiger partial charge is 0.422 e. The summed E-state index contributed by atoms with van der Waals surface area (Å²) in [5.41, 5.74) is 4.06. The molecule has 0 saturated carbocycles. The van der Waals surface area contributed by atoms with Crippen LogP contribution in [0, 0.1) is 18.2 Å². The molecule has 4 aromatic rings. The predicted octanol–water partition coefficient (Wildman–Crippen LogP) is 6.47. The molecule has 0 aliphatic carbocycles. The molecule has 0 fully saturated rings. The number of hydrogen-bond donors (Lipinski definition) is 2. The molecule has 3 unspecified atom stereocenters. The Bertz CT molecular complexity index is 1580. The first-order valence-corrected chi connectivity index (χ1v) is 14.0. The zero-order valence-corrected chi connectivity index (χ0v) is 23.3. The smallest absolute Gasteiger partial charge is 0.342 e. The minimum Gasteiger partial charge on any atom is -0.422 e. The van der Waals surface area contributed by atoms with Crippen LogP contribution in [0.15, 0.2) is 84.9 Å². The molecular formula is C32H29FNO5P. The Labute approximate surface area is 233 Å². The number of terminal acetylenes is 1. The van der Waals surface area contributed by atoms with Crippen LogP contribution in [0.25, 0.3) is 33.5 Å². The number of benzene rings is 3. The minimum atomic E-state index is -3.81. The zero-order chi connectivity index (χ0) is 29.0. The number of aliphatic hydroxyl groups is 1. The number of aliphatic hydroxyl groups excluding tert-OH is 1. The van der Waals surface area contributed by atoms with Crippen molar-refractivity contribution in [3.8, 4) is 51.6 Å². The van der Waals surface area contributed by atoms with E-state index in [1.165, 1.54) is 12.1 Å². The summed E-state index contributed by atoms with van der Waals surface area (Å²) in [5, 5.41) is 7.88. The number of ether oxygens (including phenoxy) is 1. The molecule has 0 saturated heterocycles. The van der Waals surface area contributed by atoms with E-state index in [2.05, 4.69) is 0 Å². The van der Waals surface area contributed by atoms with Gasteiger partial charge in [-0.3, -0.25) is 4.57 Å². The van der Waals surface area contributed by atoms with Crippen LogP contribution in [0.2, 0.25) is 0 Å². The van der Waals surface area contributed by atoms with E-state index in [9.17, 15) is 23.7 Å². The molecule has 6 nitrogen and oxygen atoms in total. The number of pyridine rings is 1. The highest BCUT2D eigenvalue weighted by Gasteiger charge is 2.49. The molecule has 1 aromatic heterocycles. The lowest BCUT2D eigenvalue weighted by Gasteiger charge is -2.28. The summed E-state index contributed by atoms with van der Waals surface area (Å²) < 4.78 is 32.4. The SMILES string of the molecule is C#CC(C(=O)Oc1c(C(C)C)nc(-c2ccccc2)c(-c2ccccc2)c1-c1ccc(F)cc1)(C(C)O)[PH](=O)O. The van der Waals surface area contributed by atoms with Crippen molar-refractivity contribution in [2.75, 3.05) is 0 Å².